The molecule has 3 atom stereocenters. The molecule has 0 aliphatic carbocycles. The Morgan fingerprint density at radius 2 is 1.88 bits per heavy atom. The molecule has 0 aromatic carbocycles. The van der Waals surface area contributed by atoms with Crippen LogP contribution in [0.25, 0.3) is 0 Å². The van der Waals surface area contributed by atoms with E-state index in [0.717, 1.165) is 32.3 Å². The van der Waals surface area contributed by atoms with Crippen LogP contribution in [0.4, 0.5) is 0 Å². The minimum Gasteiger partial charge on any atom is -0.373 e. The summed E-state index contributed by atoms with van der Waals surface area (Å²) in [6.07, 6.45) is 4.43. The maximum atomic E-state index is 5.85. The summed E-state index contributed by atoms with van der Waals surface area (Å²) < 4.78 is 11.6. The molecule has 1 heterocycles. The van der Waals surface area contributed by atoms with Crippen LogP contribution in [0.3, 0.4) is 0 Å². The molecule has 0 spiro atoms. The minimum absolute atomic E-state index is 0.333. The topological polar surface area (TPSA) is 21.7 Å². The Kier molecular flexibility index (Phi) is 7.09. The maximum Gasteiger partial charge on any atom is 0.0992 e. The molecule has 17 heavy (non-hydrogen) atoms. The van der Waals surface area contributed by atoms with Gasteiger partial charge >= 0.3 is 0 Å². The first kappa shape index (κ1) is 14.9. The number of rotatable bonds is 7. The number of ether oxygens (including phenoxy) is 2. The van der Waals surface area contributed by atoms with Crippen molar-refractivity contribution in [1.82, 2.24) is 4.90 Å². The molecule has 3 nitrogen and oxygen atoms in total. The van der Waals surface area contributed by atoms with Gasteiger partial charge in [-0.15, -0.1) is 0 Å². The van der Waals surface area contributed by atoms with Gasteiger partial charge in [0.15, 0.2) is 0 Å². The van der Waals surface area contributed by atoms with Crippen LogP contribution < -0.4 is 0 Å². The summed E-state index contributed by atoms with van der Waals surface area (Å²) in [5.41, 5.74) is 0. The molecule has 102 valence electrons. The van der Waals surface area contributed by atoms with Crippen molar-refractivity contribution in [2.45, 2.75) is 59.2 Å². The van der Waals surface area contributed by atoms with Crippen molar-refractivity contribution >= 4 is 0 Å². The van der Waals surface area contributed by atoms with Crippen molar-refractivity contribution < 1.29 is 9.47 Å². The van der Waals surface area contributed by atoms with Gasteiger partial charge in [-0.2, -0.15) is 0 Å². The van der Waals surface area contributed by atoms with Crippen LogP contribution in [0.5, 0.6) is 0 Å². The molecule has 0 radical (unpaired) electrons. The SMILES string of the molecule is CCCC(CC)COCN1CC(C)OC(C)C1. The molecule has 0 amide bonds. The van der Waals surface area contributed by atoms with E-state index in [-0.39, 0.29) is 0 Å². The number of morpholine rings is 1. The second-order valence-corrected chi connectivity index (χ2v) is 5.36. The molecule has 0 bridgehead atoms. The Labute approximate surface area is 106 Å². The summed E-state index contributed by atoms with van der Waals surface area (Å²) in [7, 11) is 0. The van der Waals surface area contributed by atoms with Gasteiger partial charge < -0.3 is 9.47 Å². The van der Waals surface area contributed by atoms with E-state index in [9.17, 15) is 0 Å². The van der Waals surface area contributed by atoms with Crippen molar-refractivity contribution in [3.8, 4) is 0 Å². The summed E-state index contributed by atoms with van der Waals surface area (Å²) in [6.45, 7) is 12.4. The maximum absolute atomic E-state index is 5.85. The first-order valence-corrected chi connectivity index (χ1v) is 7.11. The zero-order valence-corrected chi connectivity index (χ0v) is 11.9. The lowest BCUT2D eigenvalue weighted by Crippen LogP contribution is -2.46. The highest BCUT2D eigenvalue weighted by Crippen LogP contribution is 2.13. The van der Waals surface area contributed by atoms with Gasteiger partial charge in [0, 0.05) is 13.1 Å². The molecule has 3 heteroatoms. The average Bonchev–Trinajstić information content (AvgIpc) is 2.26. The third-order valence-corrected chi connectivity index (χ3v) is 3.40. The normalized spacial score (nSPS) is 28.2. The van der Waals surface area contributed by atoms with E-state index in [2.05, 4.69) is 32.6 Å². The second-order valence-electron chi connectivity index (χ2n) is 5.36. The Morgan fingerprint density at radius 1 is 1.24 bits per heavy atom. The zero-order valence-electron chi connectivity index (χ0n) is 11.9. The fraction of sp³-hybridized carbons (Fsp3) is 1.00. The minimum atomic E-state index is 0.333. The molecule has 1 fully saturated rings. The Bertz CT molecular complexity index is 189. The van der Waals surface area contributed by atoms with E-state index in [1.165, 1.54) is 19.3 Å². The average molecular weight is 243 g/mol. The van der Waals surface area contributed by atoms with Crippen LogP contribution in [0.2, 0.25) is 0 Å². The number of hydrogen-bond acceptors (Lipinski definition) is 3. The van der Waals surface area contributed by atoms with Gasteiger partial charge in [-0.3, -0.25) is 4.90 Å². The van der Waals surface area contributed by atoms with Crippen molar-refractivity contribution in [1.29, 1.82) is 0 Å². The third kappa shape index (κ3) is 5.84. The van der Waals surface area contributed by atoms with Gasteiger partial charge in [-0.1, -0.05) is 26.7 Å². The molecule has 0 aromatic heterocycles. The number of nitrogens with zero attached hydrogens (tertiary/aromatic N) is 1. The van der Waals surface area contributed by atoms with Crippen molar-refractivity contribution in [2.24, 2.45) is 5.92 Å². The number of hydrogen-bond donors (Lipinski definition) is 0. The van der Waals surface area contributed by atoms with E-state index in [1.807, 2.05) is 0 Å². The molecule has 1 aliphatic heterocycles. The lowest BCUT2D eigenvalue weighted by Gasteiger charge is -2.35. The second kappa shape index (κ2) is 8.06. The van der Waals surface area contributed by atoms with Crippen LogP contribution >= 0.6 is 0 Å². The van der Waals surface area contributed by atoms with Crippen molar-refractivity contribution in [3.05, 3.63) is 0 Å². The van der Waals surface area contributed by atoms with Crippen molar-refractivity contribution in [3.63, 3.8) is 0 Å². The highest BCUT2D eigenvalue weighted by molar-refractivity contribution is 4.71. The summed E-state index contributed by atoms with van der Waals surface area (Å²) in [5.74, 6) is 0.732. The molecule has 1 aliphatic rings. The van der Waals surface area contributed by atoms with E-state index in [4.69, 9.17) is 9.47 Å². The molecule has 0 aromatic rings. The molecule has 0 saturated carbocycles. The van der Waals surface area contributed by atoms with E-state index in [0.29, 0.717) is 12.2 Å². The van der Waals surface area contributed by atoms with E-state index in [1.54, 1.807) is 0 Å². The van der Waals surface area contributed by atoms with Gasteiger partial charge in [0.25, 0.3) is 0 Å². The van der Waals surface area contributed by atoms with Gasteiger partial charge in [0.05, 0.1) is 25.5 Å². The standard InChI is InChI=1S/C14H29NO2/c1-5-7-14(6-2)10-16-11-15-8-12(3)17-13(4)9-15/h12-14H,5-11H2,1-4H3. The zero-order chi connectivity index (χ0) is 12.7. The van der Waals surface area contributed by atoms with Gasteiger partial charge in [-0.25, -0.2) is 0 Å². The van der Waals surface area contributed by atoms with Crippen LogP contribution in [-0.2, 0) is 9.47 Å². The third-order valence-electron chi connectivity index (χ3n) is 3.40. The van der Waals surface area contributed by atoms with Crippen LogP contribution in [0, 0.1) is 5.92 Å². The first-order chi connectivity index (χ1) is 8.15. The highest BCUT2D eigenvalue weighted by Gasteiger charge is 2.22. The fourth-order valence-electron chi connectivity index (χ4n) is 2.55. The van der Waals surface area contributed by atoms with E-state index < -0.39 is 0 Å². The first-order valence-electron chi connectivity index (χ1n) is 7.11. The fourth-order valence-corrected chi connectivity index (χ4v) is 2.55. The van der Waals surface area contributed by atoms with Crippen LogP contribution in [0.1, 0.15) is 47.0 Å². The monoisotopic (exact) mass is 243 g/mol. The van der Waals surface area contributed by atoms with Gasteiger partial charge in [0.1, 0.15) is 0 Å². The molecule has 1 saturated heterocycles. The van der Waals surface area contributed by atoms with E-state index >= 15 is 0 Å². The predicted octanol–water partition coefficient (Wildman–Crippen LogP) is 2.90. The summed E-state index contributed by atoms with van der Waals surface area (Å²) >= 11 is 0. The van der Waals surface area contributed by atoms with Gasteiger partial charge in [-0.05, 0) is 26.2 Å². The molecular formula is C14H29NO2. The lowest BCUT2D eigenvalue weighted by atomic mass is 10.0. The van der Waals surface area contributed by atoms with Crippen molar-refractivity contribution in [2.75, 3.05) is 26.4 Å². The van der Waals surface area contributed by atoms with Gasteiger partial charge in [0.2, 0.25) is 0 Å². The molecule has 3 unspecified atom stereocenters. The Hall–Kier alpha value is -0.120. The lowest BCUT2D eigenvalue weighted by molar-refractivity contribution is -0.103. The summed E-state index contributed by atoms with van der Waals surface area (Å²) in [6, 6.07) is 0. The van der Waals surface area contributed by atoms with Crippen LogP contribution in [-0.4, -0.2) is 43.5 Å². The molecule has 1 rings (SSSR count). The predicted molar refractivity (Wildman–Crippen MR) is 71.1 cm³/mol. The quantitative estimate of drug-likeness (QED) is 0.686. The summed E-state index contributed by atoms with van der Waals surface area (Å²) in [5, 5.41) is 0. The highest BCUT2D eigenvalue weighted by atomic mass is 16.5. The molecule has 0 N–H and O–H groups in total. The summed E-state index contributed by atoms with van der Waals surface area (Å²) in [4.78, 5) is 2.36. The largest absolute Gasteiger partial charge is 0.373 e. The Balaban J connectivity index is 2.16. The smallest absolute Gasteiger partial charge is 0.0992 e. The van der Waals surface area contributed by atoms with Crippen LogP contribution in [0.15, 0.2) is 0 Å². The Morgan fingerprint density at radius 3 is 2.41 bits per heavy atom. The molecular weight excluding hydrogens is 214 g/mol.